The number of carbonyl (C=O) groups is 1. The van der Waals surface area contributed by atoms with Gasteiger partial charge in [-0.3, -0.25) is 14.7 Å². The maximum atomic E-state index is 13.0. The number of carbonyl (C=O) groups excluding carboxylic acids is 1. The van der Waals surface area contributed by atoms with E-state index in [2.05, 4.69) is 15.3 Å². The summed E-state index contributed by atoms with van der Waals surface area (Å²) in [7, 11) is 0. The summed E-state index contributed by atoms with van der Waals surface area (Å²) in [5.41, 5.74) is 0.0150. The molecular formula is C17H21F3N4O. The van der Waals surface area contributed by atoms with Gasteiger partial charge in [0.1, 0.15) is 5.52 Å². The number of anilines is 1. The number of aromatic nitrogens is 3. The first kappa shape index (κ1) is 17.7. The number of amides is 1. The second kappa shape index (κ2) is 6.00. The van der Waals surface area contributed by atoms with E-state index in [1.807, 2.05) is 23.6 Å². The van der Waals surface area contributed by atoms with Crippen LogP contribution in [0, 0.1) is 12.3 Å². The van der Waals surface area contributed by atoms with E-state index in [0.717, 1.165) is 38.8 Å². The lowest BCUT2D eigenvalue weighted by molar-refractivity contribution is -0.213. The van der Waals surface area contributed by atoms with Crippen LogP contribution in [0.4, 0.5) is 19.1 Å². The topological polar surface area (TPSA) is 59.8 Å². The Labute approximate surface area is 143 Å². The molecule has 1 fully saturated rings. The molecule has 0 saturated heterocycles. The molecule has 1 amide bonds. The standard InChI is InChI=1S/C17H21F3N4O/c1-10-7-8-12-14(21-10)24(11-5-4-6-11)15(22-12)23-13(25)9-16(2,3)17(18,19)20/h7-8,11H,4-6,9H2,1-3H3,(H,22,23,25). The van der Waals surface area contributed by atoms with Gasteiger partial charge in [-0.15, -0.1) is 0 Å². The van der Waals surface area contributed by atoms with E-state index in [0.29, 0.717) is 11.2 Å². The van der Waals surface area contributed by atoms with Crippen LogP contribution in [0.3, 0.4) is 0 Å². The number of aryl methyl sites for hydroxylation is 1. The predicted octanol–water partition coefficient (Wildman–Crippen LogP) is 4.38. The number of nitrogens with zero attached hydrogens (tertiary/aromatic N) is 3. The number of halogens is 3. The smallest absolute Gasteiger partial charge is 0.296 e. The van der Waals surface area contributed by atoms with Crippen molar-refractivity contribution in [1.82, 2.24) is 14.5 Å². The Morgan fingerprint density at radius 3 is 2.52 bits per heavy atom. The van der Waals surface area contributed by atoms with Gasteiger partial charge >= 0.3 is 6.18 Å². The van der Waals surface area contributed by atoms with Crippen molar-refractivity contribution >= 4 is 23.0 Å². The number of alkyl halides is 3. The second-order valence-electron chi connectivity index (χ2n) is 7.29. The lowest BCUT2D eigenvalue weighted by Gasteiger charge is -2.29. The molecule has 0 aromatic carbocycles. The average Bonchev–Trinajstić information content (AvgIpc) is 2.73. The molecule has 25 heavy (non-hydrogen) atoms. The normalized spacial score (nSPS) is 16.1. The molecule has 1 saturated carbocycles. The van der Waals surface area contributed by atoms with Gasteiger partial charge in [0.15, 0.2) is 5.65 Å². The van der Waals surface area contributed by atoms with Crippen molar-refractivity contribution in [2.24, 2.45) is 5.41 Å². The molecule has 0 atom stereocenters. The molecule has 2 aromatic rings. The van der Waals surface area contributed by atoms with Crippen LogP contribution < -0.4 is 5.32 Å². The number of fused-ring (bicyclic) bond motifs is 1. The number of rotatable bonds is 4. The Kier molecular flexibility index (Phi) is 4.25. The molecule has 5 nitrogen and oxygen atoms in total. The molecule has 0 spiro atoms. The summed E-state index contributed by atoms with van der Waals surface area (Å²) in [5, 5.41) is 2.57. The van der Waals surface area contributed by atoms with Crippen molar-refractivity contribution in [3.63, 3.8) is 0 Å². The highest BCUT2D eigenvalue weighted by molar-refractivity contribution is 5.91. The zero-order valence-electron chi connectivity index (χ0n) is 14.4. The monoisotopic (exact) mass is 354 g/mol. The zero-order chi connectivity index (χ0) is 18.4. The molecule has 1 N–H and O–H groups in total. The third kappa shape index (κ3) is 3.34. The summed E-state index contributed by atoms with van der Waals surface area (Å²) in [6.45, 7) is 3.90. The fourth-order valence-corrected chi connectivity index (χ4v) is 2.82. The fraction of sp³-hybridized carbons (Fsp3) is 0.588. The Balaban J connectivity index is 1.89. The molecular weight excluding hydrogens is 333 g/mol. The van der Waals surface area contributed by atoms with Gasteiger partial charge in [0.05, 0.1) is 5.41 Å². The van der Waals surface area contributed by atoms with E-state index in [-0.39, 0.29) is 12.0 Å². The molecule has 1 aliphatic rings. The van der Waals surface area contributed by atoms with Crippen molar-refractivity contribution in [2.45, 2.75) is 58.7 Å². The zero-order valence-corrected chi connectivity index (χ0v) is 14.4. The van der Waals surface area contributed by atoms with Crippen LogP contribution in [0.15, 0.2) is 12.1 Å². The quantitative estimate of drug-likeness (QED) is 0.886. The molecule has 2 aromatic heterocycles. The van der Waals surface area contributed by atoms with Crippen LogP contribution in [-0.2, 0) is 4.79 Å². The minimum atomic E-state index is -4.45. The van der Waals surface area contributed by atoms with Crippen LogP contribution in [0.2, 0.25) is 0 Å². The van der Waals surface area contributed by atoms with Crippen LogP contribution in [0.25, 0.3) is 11.2 Å². The summed E-state index contributed by atoms with van der Waals surface area (Å²) in [6, 6.07) is 3.80. The molecule has 0 radical (unpaired) electrons. The first-order valence-electron chi connectivity index (χ1n) is 8.31. The van der Waals surface area contributed by atoms with Crippen molar-refractivity contribution < 1.29 is 18.0 Å². The lowest BCUT2D eigenvalue weighted by atomic mass is 9.88. The van der Waals surface area contributed by atoms with Gasteiger partial charge in [-0.2, -0.15) is 13.2 Å². The van der Waals surface area contributed by atoms with Gasteiger partial charge in [0.2, 0.25) is 11.9 Å². The summed E-state index contributed by atoms with van der Waals surface area (Å²) in [6.07, 6.45) is -2.14. The van der Waals surface area contributed by atoms with Crippen molar-refractivity contribution in [2.75, 3.05) is 5.32 Å². The van der Waals surface area contributed by atoms with Crippen molar-refractivity contribution in [3.05, 3.63) is 17.8 Å². The number of pyridine rings is 1. The Morgan fingerprint density at radius 2 is 1.96 bits per heavy atom. The number of nitrogens with one attached hydrogen (secondary N) is 1. The highest BCUT2D eigenvalue weighted by Gasteiger charge is 2.48. The predicted molar refractivity (Wildman–Crippen MR) is 88.2 cm³/mol. The van der Waals surface area contributed by atoms with E-state index in [4.69, 9.17) is 0 Å². The van der Waals surface area contributed by atoms with Gasteiger partial charge in [0, 0.05) is 18.2 Å². The Bertz CT molecular complexity index is 806. The van der Waals surface area contributed by atoms with Gasteiger partial charge in [-0.05, 0) is 38.3 Å². The molecule has 1 aliphatic carbocycles. The third-order valence-electron chi connectivity index (χ3n) is 4.74. The van der Waals surface area contributed by atoms with Crippen molar-refractivity contribution in [1.29, 1.82) is 0 Å². The Hall–Kier alpha value is -2.12. The molecule has 3 rings (SSSR count). The second-order valence-corrected chi connectivity index (χ2v) is 7.29. The molecule has 0 bridgehead atoms. The summed E-state index contributed by atoms with van der Waals surface area (Å²) in [5.74, 6) is -0.421. The maximum Gasteiger partial charge on any atom is 0.394 e. The van der Waals surface area contributed by atoms with Gasteiger partial charge in [-0.1, -0.05) is 13.8 Å². The lowest BCUT2D eigenvalue weighted by Crippen LogP contribution is -2.36. The number of imidazole rings is 1. The van der Waals surface area contributed by atoms with E-state index < -0.39 is 23.9 Å². The van der Waals surface area contributed by atoms with Crippen LogP contribution in [0.1, 0.15) is 51.3 Å². The van der Waals surface area contributed by atoms with E-state index in [1.54, 1.807) is 0 Å². The van der Waals surface area contributed by atoms with Gasteiger partial charge in [0.25, 0.3) is 0 Å². The summed E-state index contributed by atoms with van der Waals surface area (Å²) in [4.78, 5) is 21.1. The first-order chi connectivity index (χ1) is 11.6. The van der Waals surface area contributed by atoms with E-state index in [1.165, 1.54) is 0 Å². The molecule has 0 unspecified atom stereocenters. The minimum Gasteiger partial charge on any atom is -0.296 e. The molecule has 136 valence electrons. The van der Waals surface area contributed by atoms with Crippen molar-refractivity contribution in [3.8, 4) is 0 Å². The van der Waals surface area contributed by atoms with Crippen LogP contribution in [-0.4, -0.2) is 26.6 Å². The number of hydrogen-bond donors (Lipinski definition) is 1. The maximum absolute atomic E-state index is 13.0. The Morgan fingerprint density at radius 1 is 1.28 bits per heavy atom. The highest BCUT2D eigenvalue weighted by Crippen LogP contribution is 2.41. The fourth-order valence-electron chi connectivity index (χ4n) is 2.82. The minimum absolute atomic E-state index is 0.172. The molecule has 0 aliphatic heterocycles. The van der Waals surface area contributed by atoms with Gasteiger partial charge in [-0.25, -0.2) is 9.97 Å². The SMILES string of the molecule is Cc1ccc2nc(NC(=O)CC(C)(C)C(F)(F)F)n(C3CCC3)c2n1. The van der Waals surface area contributed by atoms with E-state index >= 15 is 0 Å². The molecule has 2 heterocycles. The molecule has 8 heteroatoms. The largest absolute Gasteiger partial charge is 0.394 e. The van der Waals surface area contributed by atoms with Gasteiger partial charge < -0.3 is 0 Å². The average molecular weight is 354 g/mol. The summed E-state index contributed by atoms with van der Waals surface area (Å²) >= 11 is 0. The first-order valence-corrected chi connectivity index (χ1v) is 8.31. The van der Waals surface area contributed by atoms with Crippen LogP contribution in [0.5, 0.6) is 0 Å². The number of hydrogen-bond acceptors (Lipinski definition) is 3. The highest BCUT2D eigenvalue weighted by atomic mass is 19.4. The summed E-state index contributed by atoms with van der Waals surface area (Å²) < 4.78 is 40.9. The van der Waals surface area contributed by atoms with Crippen LogP contribution >= 0.6 is 0 Å². The van der Waals surface area contributed by atoms with E-state index in [9.17, 15) is 18.0 Å². The third-order valence-corrected chi connectivity index (χ3v) is 4.74.